The number of fused-ring (bicyclic) bond motifs is 8. The van der Waals surface area contributed by atoms with Crippen molar-refractivity contribution < 1.29 is 24.3 Å². The summed E-state index contributed by atoms with van der Waals surface area (Å²) in [6.45, 7) is 17.0. The lowest BCUT2D eigenvalue weighted by molar-refractivity contribution is -0.179. The van der Waals surface area contributed by atoms with E-state index in [1.807, 2.05) is 17.8 Å². The van der Waals surface area contributed by atoms with Gasteiger partial charge in [0.2, 0.25) is 11.8 Å². The summed E-state index contributed by atoms with van der Waals surface area (Å²) in [4.78, 5) is 53.4. The molecular formula is C47H71N5O5S. The lowest BCUT2D eigenvalue weighted by Crippen LogP contribution is -2.66. The first-order chi connectivity index (χ1) is 27.3. The average Bonchev–Trinajstić information content (AvgIpc) is 3.72. The number of hydrogen-bond acceptors (Lipinski definition) is 7. The zero-order valence-electron chi connectivity index (χ0n) is 36.4. The van der Waals surface area contributed by atoms with E-state index in [1.165, 1.54) is 5.57 Å². The lowest BCUT2D eigenvalue weighted by Gasteiger charge is -2.69. The number of nitriles is 1. The van der Waals surface area contributed by atoms with E-state index in [9.17, 15) is 29.5 Å². The maximum atomic E-state index is 14.9. The number of nitrogens with zero attached hydrogens (tertiary/aromatic N) is 1. The molecule has 5 fully saturated rings. The van der Waals surface area contributed by atoms with Gasteiger partial charge >= 0.3 is 6.03 Å². The van der Waals surface area contributed by atoms with Crippen molar-refractivity contribution in [1.29, 1.82) is 5.26 Å². The van der Waals surface area contributed by atoms with Crippen LogP contribution in [0, 0.1) is 61.6 Å². The van der Waals surface area contributed by atoms with E-state index >= 15 is 0 Å². The molecular weight excluding hydrogens is 747 g/mol. The minimum atomic E-state index is -0.556. The molecule has 4 amide bonds. The second kappa shape index (κ2) is 15.8. The van der Waals surface area contributed by atoms with E-state index in [4.69, 9.17) is 0 Å². The Balaban J connectivity index is 0.916. The average molecular weight is 818 g/mol. The SMILES string of the molecule is CC1(C)CC[C@]2(C(=O)NCCCCCCNC(=O)CCCC[C@H]3SC[C@H]4NC(=O)N[C@H]43)CC[C@]3(C)[C@H](C(=O)C=C4[C@@]5(C)CC(C#N)=C(O)C(C)(C)[C@@H]5CC[C@]43C)[C@@H]2C1. The quantitative estimate of drug-likeness (QED) is 0.0922. The molecule has 7 rings (SSSR count). The highest BCUT2D eigenvalue weighted by molar-refractivity contribution is 8.00. The molecule has 58 heavy (non-hydrogen) atoms. The van der Waals surface area contributed by atoms with Crippen molar-refractivity contribution in [1.82, 2.24) is 21.3 Å². The van der Waals surface area contributed by atoms with Gasteiger partial charge in [-0.25, -0.2) is 4.79 Å². The number of hydrogen-bond donors (Lipinski definition) is 5. The Morgan fingerprint density at radius 1 is 0.914 bits per heavy atom. The standard InChI is InChI=1S/C47H71N5O5S/c1-42(2)18-20-47(40(56)50-23-13-9-8-12-22-49-36(54)15-11-10-14-33-38-31(28-58-33)51-41(57)52-38)21-19-46(7)37(30(47)26-42)32(53)24-35-44(5)25-29(27-48)39(55)43(3,4)34(44)16-17-45(35,46)6/h24,30-31,33-34,37-38,55H,8-23,25-26,28H2,1-7H3,(H,49,54)(H,50,56)(H2,51,52,57)/t30-,31+,33+,34-,37-,38+,44-,45+,46+,47-/m0/s1. The number of unbranched alkanes of at least 4 members (excludes halogenated alkanes) is 4. The largest absolute Gasteiger partial charge is 0.511 e. The first kappa shape index (κ1) is 43.1. The first-order valence-corrected chi connectivity index (χ1v) is 23.7. The third-order valence-electron chi connectivity index (χ3n) is 17.4. The van der Waals surface area contributed by atoms with E-state index in [1.54, 1.807) is 0 Å². The highest BCUT2D eigenvalue weighted by atomic mass is 32.2. The summed E-state index contributed by atoms with van der Waals surface area (Å²) in [5.41, 5.74) is -0.422. The summed E-state index contributed by atoms with van der Waals surface area (Å²) in [5.74, 6) is 1.43. The van der Waals surface area contributed by atoms with Gasteiger partial charge in [-0.3, -0.25) is 14.4 Å². The maximum Gasteiger partial charge on any atom is 0.315 e. The van der Waals surface area contributed by atoms with E-state index in [0.29, 0.717) is 36.8 Å². The van der Waals surface area contributed by atoms with Gasteiger partial charge in [-0.1, -0.05) is 73.3 Å². The third kappa shape index (κ3) is 7.21. The van der Waals surface area contributed by atoms with Crippen LogP contribution in [-0.4, -0.2) is 64.9 Å². The smallest absolute Gasteiger partial charge is 0.315 e. The molecule has 0 aromatic carbocycles. The number of rotatable bonds is 13. The Kier molecular flexibility index (Phi) is 11.7. The number of aliphatic hydroxyl groups is 1. The molecule has 5 aliphatic carbocycles. The number of urea groups is 1. The van der Waals surface area contributed by atoms with Crippen LogP contribution in [0.2, 0.25) is 0 Å². The molecule has 2 heterocycles. The number of amides is 4. The van der Waals surface area contributed by atoms with Crippen molar-refractivity contribution in [2.45, 2.75) is 169 Å². The minimum Gasteiger partial charge on any atom is -0.511 e. The van der Waals surface area contributed by atoms with Crippen molar-refractivity contribution in [3.8, 4) is 6.07 Å². The van der Waals surface area contributed by atoms with E-state index in [2.05, 4.69) is 75.8 Å². The van der Waals surface area contributed by atoms with E-state index < -0.39 is 16.2 Å². The Bertz CT molecular complexity index is 1780. The summed E-state index contributed by atoms with van der Waals surface area (Å²) in [6.07, 6.45) is 15.7. The van der Waals surface area contributed by atoms with Crippen LogP contribution in [0.15, 0.2) is 23.0 Å². The van der Waals surface area contributed by atoms with Crippen LogP contribution in [0.25, 0.3) is 0 Å². The summed E-state index contributed by atoms with van der Waals surface area (Å²) >= 11 is 1.91. The molecule has 0 spiro atoms. The van der Waals surface area contributed by atoms with E-state index in [0.717, 1.165) is 95.6 Å². The fourth-order valence-electron chi connectivity index (χ4n) is 13.9. The lowest BCUT2D eigenvalue weighted by atomic mass is 9.34. The summed E-state index contributed by atoms with van der Waals surface area (Å²) in [6, 6.07) is 2.72. The topological polar surface area (TPSA) is 160 Å². The van der Waals surface area contributed by atoms with Crippen LogP contribution in [0.3, 0.4) is 0 Å². The Labute approximate surface area is 351 Å². The molecule has 0 unspecified atom stereocenters. The van der Waals surface area contributed by atoms with Crippen LogP contribution >= 0.6 is 11.8 Å². The van der Waals surface area contributed by atoms with Crippen molar-refractivity contribution in [2.75, 3.05) is 18.8 Å². The van der Waals surface area contributed by atoms with Crippen LogP contribution < -0.4 is 21.3 Å². The molecule has 0 aromatic heterocycles. The second-order valence-corrected chi connectivity index (χ2v) is 22.8. The van der Waals surface area contributed by atoms with Crippen molar-refractivity contribution in [2.24, 2.45) is 50.2 Å². The Morgan fingerprint density at radius 3 is 2.34 bits per heavy atom. The molecule has 2 saturated heterocycles. The van der Waals surface area contributed by atoms with E-state index in [-0.39, 0.29) is 75.5 Å². The van der Waals surface area contributed by atoms with Crippen molar-refractivity contribution in [3.63, 3.8) is 0 Å². The van der Waals surface area contributed by atoms with Gasteiger partial charge in [0.1, 0.15) is 5.76 Å². The Morgan fingerprint density at radius 2 is 1.62 bits per heavy atom. The van der Waals surface area contributed by atoms with Crippen LogP contribution in [0.5, 0.6) is 0 Å². The highest BCUT2D eigenvalue weighted by Gasteiger charge is 2.71. The normalized spacial score (nSPS) is 39.4. The van der Waals surface area contributed by atoms with Gasteiger partial charge in [0, 0.05) is 41.8 Å². The molecule has 0 radical (unpaired) electrons. The van der Waals surface area contributed by atoms with Gasteiger partial charge in [0.05, 0.1) is 29.1 Å². The molecule has 3 saturated carbocycles. The van der Waals surface area contributed by atoms with Gasteiger partial charge in [-0.15, -0.1) is 0 Å². The maximum absolute atomic E-state index is 14.9. The number of ketones is 1. The predicted molar refractivity (Wildman–Crippen MR) is 229 cm³/mol. The molecule has 10 atom stereocenters. The number of thioether (sulfide) groups is 1. The van der Waals surface area contributed by atoms with Crippen molar-refractivity contribution in [3.05, 3.63) is 23.0 Å². The number of allylic oxidation sites excluding steroid dienone is 4. The van der Waals surface area contributed by atoms with Gasteiger partial charge < -0.3 is 26.4 Å². The Hall–Kier alpha value is -3.00. The van der Waals surface area contributed by atoms with Gasteiger partial charge in [0.25, 0.3) is 0 Å². The van der Waals surface area contributed by atoms with Crippen molar-refractivity contribution >= 4 is 35.4 Å². The number of aliphatic hydroxyl groups excluding tert-OH is 1. The zero-order valence-corrected chi connectivity index (χ0v) is 37.2. The molecule has 5 N–H and O–H groups in total. The molecule has 2 aliphatic heterocycles. The summed E-state index contributed by atoms with van der Waals surface area (Å²) in [7, 11) is 0. The molecule has 0 bridgehead atoms. The fourth-order valence-corrected chi connectivity index (χ4v) is 15.4. The fraction of sp³-hybridized carbons (Fsp3) is 0.809. The number of carbonyl (C=O) groups is 4. The van der Waals surface area contributed by atoms with Crippen LogP contribution in [-0.2, 0) is 14.4 Å². The predicted octanol–water partition coefficient (Wildman–Crippen LogP) is 8.43. The molecule has 0 aromatic rings. The van der Waals surface area contributed by atoms with Crippen LogP contribution in [0.1, 0.15) is 151 Å². The monoisotopic (exact) mass is 818 g/mol. The first-order valence-electron chi connectivity index (χ1n) is 22.7. The summed E-state index contributed by atoms with van der Waals surface area (Å²) in [5, 5.41) is 34.2. The minimum absolute atomic E-state index is 0.0334. The molecule has 10 nitrogen and oxygen atoms in total. The molecule has 7 aliphatic rings. The number of nitrogens with one attached hydrogen (secondary N) is 4. The van der Waals surface area contributed by atoms with Gasteiger partial charge in [0.15, 0.2) is 5.78 Å². The molecule has 11 heteroatoms. The van der Waals surface area contributed by atoms with Crippen LogP contribution in [0.4, 0.5) is 4.79 Å². The summed E-state index contributed by atoms with van der Waals surface area (Å²) < 4.78 is 0. The zero-order chi connectivity index (χ0) is 41.9. The highest BCUT2D eigenvalue weighted by Crippen LogP contribution is 2.75. The second-order valence-electron chi connectivity index (χ2n) is 21.6. The molecule has 320 valence electrons. The number of carbonyl (C=O) groups excluding carboxylic acids is 4. The van der Waals surface area contributed by atoms with Gasteiger partial charge in [-0.05, 0) is 117 Å². The van der Waals surface area contributed by atoms with Gasteiger partial charge in [-0.2, -0.15) is 17.0 Å². The third-order valence-corrected chi connectivity index (χ3v) is 18.9.